The summed E-state index contributed by atoms with van der Waals surface area (Å²) in [6.45, 7) is 1.93. The smallest absolute Gasteiger partial charge is 0.333 e. The third-order valence-electron chi connectivity index (χ3n) is 4.72. The van der Waals surface area contributed by atoms with Crippen molar-refractivity contribution in [2.45, 2.75) is 30.7 Å². The van der Waals surface area contributed by atoms with Crippen molar-refractivity contribution in [1.82, 2.24) is 9.97 Å². The van der Waals surface area contributed by atoms with Crippen LogP contribution in [0.1, 0.15) is 12.0 Å². The Morgan fingerprint density at radius 2 is 2.03 bits per heavy atom. The first-order chi connectivity index (χ1) is 14.2. The van der Waals surface area contributed by atoms with E-state index in [9.17, 15) is 22.8 Å². The number of para-hydroxylation sites is 2. The molecule has 0 saturated heterocycles. The van der Waals surface area contributed by atoms with E-state index < -0.39 is 30.5 Å². The lowest BCUT2D eigenvalue weighted by Gasteiger charge is -2.31. The molecule has 2 aromatic carbocycles. The van der Waals surface area contributed by atoms with Crippen molar-refractivity contribution in [1.29, 1.82) is 0 Å². The van der Waals surface area contributed by atoms with Gasteiger partial charge in [-0.05, 0) is 36.8 Å². The molecule has 4 rings (SSSR count). The number of halogens is 3. The fourth-order valence-corrected chi connectivity index (χ4v) is 4.11. The molecule has 0 bridgehead atoms. The molecule has 1 aliphatic heterocycles. The predicted octanol–water partition coefficient (Wildman–Crippen LogP) is 4.27. The number of anilines is 2. The highest BCUT2D eigenvalue weighted by Gasteiger charge is 2.48. The molecule has 0 aliphatic carbocycles. The van der Waals surface area contributed by atoms with Crippen molar-refractivity contribution in [2.75, 3.05) is 16.0 Å². The summed E-state index contributed by atoms with van der Waals surface area (Å²) in [5.74, 6) is -1.82. The standard InChI is InChI=1S/C20H17F3N4O2S/c1-11-6-7-12-14(8-11)26-19(25-12)30-10-18(29)27-15-5-3-2-4-13(15)24-17(28)9-16(27)20(21,22)23/h2-8,16H,9-10H2,1H3,(H,24,28)(H,25,26). The molecule has 1 aromatic heterocycles. The highest BCUT2D eigenvalue weighted by atomic mass is 32.2. The molecule has 0 fully saturated rings. The SMILES string of the molecule is Cc1ccc2nc(SCC(=O)N3c4ccccc4NC(=O)CC3C(F)(F)F)[nH]c2c1. The van der Waals surface area contributed by atoms with Crippen LogP contribution in [0.25, 0.3) is 11.0 Å². The van der Waals surface area contributed by atoms with Gasteiger partial charge in [0.1, 0.15) is 6.04 Å². The van der Waals surface area contributed by atoms with E-state index in [0.29, 0.717) is 15.6 Å². The largest absolute Gasteiger partial charge is 0.409 e. The molecule has 1 atom stereocenters. The molecule has 2 heterocycles. The van der Waals surface area contributed by atoms with Gasteiger partial charge in [-0.3, -0.25) is 14.5 Å². The van der Waals surface area contributed by atoms with Gasteiger partial charge in [0.25, 0.3) is 0 Å². The van der Waals surface area contributed by atoms with Crippen LogP contribution in [0.4, 0.5) is 24.5 Å². The normalized spacial score (nSPS) is 16.9. The number of rotatable bonds is 3. The fraction of sp³-hybridized carbons (Fsp3) is 0.250. The number of fused-ring (bicyclic) bond motifs is 2. The molecule has 0 saturated carbocycles. The van der Waals surface area contributed by atoms with Crippen LogP contribution in [-0.2, 0) is 9.59 Å². The number of thioether (sulfide) groups is 1. The number of nitrogens with one attached hydrogen (secondary N) is 2. The number of benzene rings is 2. The summed E-state index contributed by atoms with van der Waals surface area (Å²) in [7, 11) is 0. The maximum Gasteiger partial charge on any atom is 0.409 e. The second-order valence-corrected chi connectivity index (χ2v) is 7.91. The lowest BCUT2D eigenvalue weighted by Crippen LogP contribution is -2.50. The Labute approximate surface area is 173 Å². The molecule has 10 heteroatoms. The zero-order chi connectivity index (χ0) is 21.5. The topological polar surface area (TPSA) is 78.1 Å². The number of aryl methyl sites for hydroxylation is 1. The van der Waals surface area contributed by atoms with Crippen LogP contribution in [-0.4, -0.2) is 39.8 Å². The zero-order valence-electron chi connectivity index (χ0n) is 15.8. The number of hydrogen-bond donors (Lipinski definition) is 2. The number of alkyl halides is 3. The Bertz CT molecular complexity index is 1130. The average molecular weight is 434 g/mol. The summed E-state index contributed by atoms with van der Waals surface area (Å²) in [5.41, 5.74) is 2.72. The molecule has 1 aliphatic rings. The molecule has 2 N–H and O–H groups in total. The Hall–Kier alpha value is -3.01. The van der Waals surface area contributed by atoms with Crippen molar-refractivity contribution in [3.8, 4) is 0 Å². The van der Waals surface area contributed by atoms with Crippen molar-refractivity contribution < 1.29 is 22.8 Å². The van der Waals surface area contributed by atoms with Gasteiger partial charge in [0.2, 0.25) is 11.8 Å². The quantitative estimate of drug-likeness (QED) is 0.604. The summed E-state index contributed by atoms with van der Waals surface area (Å²) in [6, 6.07) is 9.36. The highest BCUT2D eigenvalue weighted by Crippen LogP contribution is 2.38. The molecule has 3 aromatic rings. The molecule has 1 unspecified atom stereocenters. The third kappa shape index (κ3) is 4.00. The van der Waals surface area contributed by atoms with Crippen LogP contribution in [0.3, 0.4) is 0 Å². The summed E-state index contributed by atoms with van der Waals surface area (Å²) < 4.78 is 41.2. The van der Waals surface area contributed by atoms with Crippen LogP contribution in [0.15, 0.2) is 47.6 Å². The van der Waals surface area contributed by atoms with Gasteiger partial charge in [-0.1, -0.05) is 30.0 Å². The number of carbonyl (C=O) groups is 2. The fourth-order valence-electron chi connectivity index (χ4n) is 3.36. The van der Waals surface area contributed by atoms with Gasteiger partial charge in [-0.25, -0.2) is 4.98 Å². The molecule has 30 heavy (non-hydrogen) atoms. The molecule has 0 radical (unpaired) electrons. The van der Waals surface area contributed by atoms with Gasteiger partial charge in [0, 0.05) is 0 Å². The second kappa shape index (κ2) is 7.67. The average Bonchev–Trinajstić information content (AvgIpc) is 3.00. The zero-order valence-corrected chi connectivity index (χ0v) is 16.6. The monoisotopic (exact) mass is 434 g/mol. The number of H-pyrrole nitrogens is 1. The number of aromatic nitrogens is 2. The first-order valence-corrected chi connectivity index (χ1v) is 10.1. The van der Waals surface area contributed by atoms with E-state index in [4.69, 9.17) is 0 Å². The maximum absolute atomic E-state index is 13.7. The number of nitrogens with zero attached hydrogens (tertiary/aromatic N) is 2. The van der Waals surface area contributed by atoms with E-state index in [0.717, 1.165) is 22.8 Å². The molecular weight excluding hydrogens is 417 g/mol. The number of imidazole rings is 1. The van der Waals surface area contributed by atoms with Crippen molar-refractivity contribution in [2.24, 2.45) is 0 Å². The Balaban J connectivity index is 1.62. The summed E-state index contributed by atoms with van der Waals surface area (Å²) in [6.07, 6.45) is -5.62. The van der Waals surface area contributed by atoms with Crippen molar-refractivity contribution in [3.63, 3.8) is 0 Å². The van der Waals surface area contributed by atoms with Gasteiger partial charge < -0.3 is 10.3 Å². The summed E-state index contributed by atoms with van der Waals surface area (Å²) in [4.78, 5) is 33.1. The van der Waals surface area contributed by atoms with Gasteiger partial charge in [-0.2, -0.15) is 13.2 Å². The van der Waals surface area contributed by atoms with Crippen molar-refractivity contribution >= 4 is 46.0 Å². The summed E-state index contributed by atoms with van der Waals surface area (Å²) in [5, 5.41) is 2.88. The Kier molecular flexibility index (Phi) is 5.19. The van der Waals surface area contributed by atoms with E-state index in [1.165, 1.54) is 18.2 Å². The van der Waals surface area contributed by atoms with Crippen LogP contribution in [0.5, 0.6) is 0 Å². The van der Waals surface area contributed by atoms with Gasteiger partial charge in [0.05, 0.1) is 34.6 Å². The minimum atomic E-state index is -4.76. The lowest BCUT2D eigenvalue weighted by molar-refractivity contribution is -0.157. The maximum atomic E-state index is 13.7. The van der Waals surface area contributed by atoms with Gasteiger partial charge in [-0.15, -0.1) is 0 Å². The van der Waals surface area contributed by atoms with Crippen molar-refractivity contribution in [3.05, 3.63) is 48.0 Å². The lowest BCUT2D eigenvalue weighted by atomic mass is 10.1. The predicted molar refractivity (Wildman–Crippen MR) is 109 cm³/mol. The number of amides is 2. The summed E-state index contributed by atoms with van der Waals surface area (Å²) >= 11 is 1.02. The third-order valence-corrected chi connectivity index (χ3v) is 5.58. The van der Waals surface area contributed by atoms with Crippen LogP contribution < -0.4 is 10.2 Å². The van der Waals surface area contributed by atoms with E-state index >= 15 is 0 Å². The number of aromatic amines is 1. The molecule has 2 amide bonds. The minimum Gasteiger partial charge on any atom is -0.333 e. The number of carbonyl (C=O) groups excluding carboxylic acids is 2. The first kappa shape index (κ1) is 20.3. The van der Waals surface area contributed by atoms with Gasteiger partial charge >= 0.3 is 6.18 Å². The van der Waals surface area contributed by atoms with E-state index in [-0.39, 0.29) is 17.1 Å². The Morgan fingerprint density at radius 3 is 2.80 bits per heavy atom. The minimum absolute atomic E-state index is 0.0245. The molecular formula is C20H17F3N4O2S. The molecule has 156 valence electrons. The molecule has 0 spiro atoms. The van der Waals surface area contributed by atoms with Crippen LogP contribution >= 0.6 is 11.8 Å². The van der Waals surface area contributed by atoms with Crippen LogP contribution in [0, 0.1) is 6.92 Å². The van der Waals surface area contributed by atoms with E-state index in [2.05, 4.69) is 15.3 Å². The Morgan fingerprint density at radius 1 is 1.27 bits per heavy atom. The molecule has 6 nitrogen and oxygen atoms in total. The second-order valence-electron chi connectivity index (χ2n) is 6.94. The highest BCUT2D eigenvalue weighted by molar-refractivity contribution is 7.99. The number of hydrogen-bond acceptors (Lipinski definition) is 4. The van der Waals surface area contributed by atoms with E-state index in [1.54, 1.807) is 6.07 Å². The van der Waals surface area contributed by atoms with Gasteiger partial charge in [0.15, 0.2) is 5.16 Å². The van der Waals surface area contributed by atoms with E-state index in [1.807, 2.05) is 25.1 Å². The first-order valence-electron chi connectivity index (χ1n) is 9.09. The van der Waals surface area contributed by atoms with Crippen LogP contribution in [0.2, 0.25) is 0 Å².